The highest BCUT2D eigenvalue weighted by Gasteiger charge is 2.16. The zero-order chi connectivity index (χ0) is 34.1. The van der Waals surface area contributed by atoms with E-state index in [-0.39, 0.29) is 0 Å². The Hall–Kier alpha value is -7.16. The van der Waals surface area contributed by atoms with Gasteiger partial charge in [-0.25, -0.2) is 15.0 Å². The standard InChI is InChI=1S/C46H29N5/c47-30-31-16-18-32(19-17-31)37-24-26-40-41-27-25-38(29-43(41)51(42(40)28-37)39-14-8-3-9-15-39)33-20-22-36(23-21-33)46-49-44(34-10-4-1-5-11-34)48-45(50-46)35-12-6-2-7-13-35/h1-29H. The van der Waals surface area contributed by atoms with E-state index in [0.29, 0.717) is 23.0 Å². The Labute approximate surface area is 295 Å². The molecule has 9 aromatic rings. The molecule has 5 nitrogen and oxygen atoms in total. The quantitative estimate of drug-likeness (QED) is 0.179. The van der Waals surface area contributed by atoms with Crippen LogP contribution in [0.3, 0.4) is 0 Å². The lowest BCUT2D eigenvalue weighted by Gasteiger charge is -2.10. The monoisotopic (exact) mass is 651 g/mol. The number of nitriles is 1. The van der Waals surface area contributed by atoms with Crippen LogP contribution in [0.5, 0.6) is 0 Å². The van der Waals surface area contributed by atoms with E-state index in [1.54, 1.807) is 0 Å². The van der Waals surface area contributed by atoms with Gasteiger partial charge in [0.25, 0.3) is 0 Å². The fourth-order valence-corrected chi connectivity index (χ4v) is 6.72. The van der Waals surface area contributed by atoms with Crippen LogP contribution in [0.4, 0.5) is 0 Å². The summed E-state index contributed by atoms with van der Waals surface area (Å²) < 4.78 is 2.34. The van der Waals surface area contributed by atoms with Gasteiger partial charge in [0.1, 0.15) is 0 Å². The van der Waals surface area contributed by atoms with Crippen molar-refractivity contribution in [2.24, 2.45) is 0 Å². The predicted octanol–water partition coefficient (Wildman–Crippen LogP) is 11.2. The minimum atomic E-state index is 0.631. The van der Waals surface area contributed by atoms with Crippen LogP contribution in [-0.2, 0) is 0 Å². The summed E-state index contributed by atoms with van der Waals surface area (Å²) in [4.78, 5) is 14.7. The third kappa shape index (κ3) is 5.61. The summed E-state index contributed by atoms with van der Waals surface area (Å²) >= 11 is 0. The van der Waals surface area contributed by atoms with Gasteiger partial charge < -0.3 is 4.57 Å². The zero-order valence-electron chi connectivity index (χ0n) is 27.5. The Bertz CT molecular complexity index is 2650. The second kappa shape index (κ2) is 12.7. The molecule has 0 atom stereocenters. The van der Waals surface area contributed by atoms with Gasteiger partial charge in [-0.15, -0.1) is 0 Å². The van der Waals surface area contributed by atoms with Gasteiger partial charge in [-0.05, 0) is 58.7 Å². The van der Waals surface area contributed by atoms with Gasteiger partial charge in [0.15, 0.2) is 17.5 Å². The van der Waals surface area contributed by atoms with Crippen LogP contribution in [0.1, 0.15) is 5.56 Å². The van der Waals surface area contributed by atoms with Crippen molar-refractivity contribution in [3.05, 3.63) is 181 Å². The number of hydrogen-bond donors (Lipinski definition) is 0. The summed E-state index contributed by atoms with van der Waals surface area (Å²) in [5.41, 5.74) is 11.2. The van der Waals surface area contributed by atoms with Crippen molar-refractivity contribution in [1.29, 1.82) is 5.26 Å². The second-order valence-electron chi connectivity index (χ2n) is 12.4. The molecule has 0 N–H and O–H groups in total. The molecule has 5 heteroatoms. The van der Waals surface area contributed by atoms with Crippen molar-refractivity contribution in [2.45, 2.75) is 0 Å². The van der Waals surface area contributed by atoms with Crippen LogP contribution in [-0.4, -0.2) is 19.5 Å². The van der Waals surface area contributed by atoms with Gasteiger partial charge in [0.05, 0.1) is 22.7 Å². The van der Waals surface area contributed by atoms with Crippen molar-refractivity contribution in [1.82, 2.24) is 19.5 Å². The molecule has 0 saturated carbocycles. The molecule has 7 aromatic carbocycles. The molecule has 9 rings (SSSR count). The van der Waals surface area contributed by atoms with Crippen molar-refractivity contribution < 1.29 is 0 Å². The van der Waals surface area contributed by atoms with E-state index >= 15 is 0 Å². The highest BCUT2D eigenvalue weighted by Crippen LogP contribution is 2.37. The minimum absolute atomic E-state index is 0.631. The molecule has 0 radical (unpaired) electrons. The van der Waals surface area contributed by atoms with Crippen LogP contribution in [0.2, 0.25) is 0 Å². The van der Waals surface area contributed by atoms with E-state index in [9.17, 15) is 5.26 Å². The number of nitrogens with zero attached hydrogens (tertiary/aromatic N) is 5. The van der Waals surface area contributed by atoms with Crippen molar-refractivity contribution >= 4 is 21.8 Å². The molecule has 0 aliphatic rings. The van der Waals surface area contributed by atoms with Crippen LogP contribution < -0.4 is 0 Å². The fraction of sp³-hybridized carbons (Fsp3) is 0. The molecule has 0 saturated heterocycles. The summed E-state index contributed by atoms with van der Waals surface area (Å²) in [6, 6.07) is 62.4. The number of fused-ring (bicyclic) bond motifs is 3. The number of hydrogen-bond acceptors (Lipinski definition) is 4. The average Bonchev–Trinajstić information content (AvgIpc) is 3.54. The first-order chi connectivity index (χ1) is 25.2. The highest BCUT2D eigenvalue weighted by atomic mass is 15.0. The lowest BCUT2D eigenvalue weighted by atomic mass is 10.0. The number of benzene rings is 7. The lowest BCUT2D eigenvalue weighted by Crippen LogP contribution is -2.00. The molecule has 0 aliphatic heterocycles. The molecule has 0 unspecified atom stereocenters. The Balaban J connectivity index is 1.14. The van der Waals surface area contributed by atoms with Gasteiger partial charge in [-0.1, -0.05) is 140 Å². The van der Waals surface area contributed by atoms with E-state index in [0.717, 1.165) is 55.7 Å². The van der Waals surface area contributed by atoms with Gasteiger partial charge in [-0.3, -0.25) is 0 Å². The Kier molecular flexibility index (Phi) is 7.46. The smallest absolute Gasteiger partial charge is 0.164 e. The molecule has 238 valence electrons. The van der Waals surface area contributed by atoms with Gasteiger partial charge >= 0.3 is 0 Å². The third-order valence-corrected chi connectivity index (χ3v) is 9.30. The number of aromatic nitrogens is 4. The van der Waals surface area contributed by atoms with Crippen molar-refractivity contribution in [3.63, 3.8) is 0 Å². The van der Waals surface area contributed by atoms with Crippen LogP contribution >= 0.6 is 0 Å². The minimum Gasteiger partial charge on any atom is -0.309 e. The van der Waals surface area contributed by atoms with Crippen LogP contribution in [0, 0.1) is 11.3 Å². The Morgan fingerprint density at radius 1 is 0.373 bits per heavy atom. The topological polar surface area (TPSA) is 67.4 Å². The van der Waals surface area contributed by atoms with E-state index in [2.05, 4.69) is 95.6 Å². The first-order valence-corrected chi connectivity index (χ1v) is 16.8. The van der Waals surface area contributed by atoms with Crippen molar-refractivity contribution in [3.8, 4) is 68.2 Å². The van der Waals surface area contributed by atoms with Crippen LogP contribution in [0.25, 0.3) is 83.9 Å². The molecule has 0 aliphatic carbocycles. The third-order valence-electron chi connectivity index (χ3n) is 9.30. The molecule has 2 heterocycles. The largest absolute Gasteiger partial charge is 0.309 e. The maximum Gasteiger partial charge on any atom is 0.164 e. The molecular formula is C46H29N5. The van der Waals surface area contributed by atoms with E-state index in [1.165, 1.54) is 10.8 Å². The first-order valence-electron chi connectivity index (χ1n) is 16.8. The van der Waals surface area contributed by atoms with Gasteiger partial charge in [0.2, 0.25) is 0 Å². The fourth-order valence-electron chi connectivity index (χ4n) is 6.72. The summed E-state index contributed by atoms with van der Waals surface area (Å²) in [6.07, 6.45) is 0. The van der Waals surface area contributed by atoms with Gasteiger partial charge in [0, 0.05) is 33.2 Å². The Morgan fingerprint density at radius 3 is 1.20 bits per heavy atom. The predicted molar refractivity (Wildman–Crippen MR) is 206 cm³/mol. The number of para-hydroxylation sites is 1. The second-order valence-corrected chi connectivity index (χ2v) is 12.4. The highest BCUT2D eigenvalue weighted by molar-refractivity contribution is 6.11. The Morgan fingerprint density at radius 2 is 0.745 bits per heavy atom. The molecular weight excluding hydrogens is 623 g/mol. The van der Waals surface area contributed by atoms with Crippen molar-refractivity contribution in [2.75, 3.05) is 0 Å². The summed E-state index contributed by atoms with van der Waals surface area (Å²) in [5.74, 6) is 1.92. The first kappa shape index (κ1) is 29.9. The van der Waals surface area contributed by atoms with E-state index < -0.39 is 0 Å². The van der Waals surface area contributed by atoms with E-state index in [1.807, 2.05) is 91.0 Å². The molecule has 0 amide bonds. The molecule has 2 aromatic heterocycles. The maximum absolute atomic E-state index is 9.29. The zero-order valence-corrected chi connectivity index (χ0v) is 27.5. The normalized spacial score (nSPS) is 11.1. The van der Waals surface area contributed by atoms with E-state index in [4.69, 9.17) is 15.0 Å². The molecule has 0 fully saturated rings. The molecule has 51 heavy (non-hydrogen) atoms. The maximum atomic E-state index is 9.29. The SMILES string of the molecule is N#Cc1ccc(-c2ccc3c4ccc(-c5ccc(-c6nc(-c7ccccc7)nc(-c7ccccc7)n6)cc5)cc4n(-c4ccccc4)c3c2)cc1. The number of rotatable bonds is 6. The van der Waals surface area contributed by atoms with Gasteiger partial charge in [-0.2, -0.15) is 5.26 Å². The molecule has 0 spiro atoms. The summed E-state index contributed by atoms with van der Waals surface area (Å²) in [5, 5.41) is 11.7. The average molecular weight is 652 g/mol. The summed E-state index contributed by atoms with van der Waals surface area (Å²) in [7, 11) is 0. The lowest BCUT2D eigenvalue weighted by molar-refractivity contribution is 1.07. The molecule has 0 bridgehead atoms. The summed E-state index contributed by atoms with van der Waals surface area (Å²) in [6.45, 7) is 0. The van der Waals surface area contributed by atoms with Crippen LogP contribution in [0.15, 0.2) is 176 Å².